The van der Waals surface area contributed by atoms with Crippen LogP contribution in [0.15, 0.2) is 71.4 Å². The van der Waals surface area contributed by atoms with E-state index in [-0.39, 0.29) is 11.7 Å². The minimum Gasteiger partial charge on any atom is -0.427 e. The number of hydrogen-bond donors (Lipinski definition) is 2. The summed E-state index contributed by atoms with van der Waals surface area (Å²) in [5.41, 5.74) is 2.47. The van der Waals surface area contributed by atoms with Gasteiger partial charge in [0.05, 0.1) is 11.9 Å². The maximum absolute atomic E-state index is 12.6. The predicted octanol–water partition coefficient (Wildman–Crippen LogP) is 3.82. The largest absolute Gasteiger partial charge is 0.427 e. The lowest BCUT2D eigenvalue weighted by Gasteiger charge is -2.25. The van der Waals surface area contributed by atoms with E-state index in [2.05, 4.69) is 25.6 Å². The summed E-state index contributed by atoms with van der Waals surface area (Å²) in [6.07, 6.45) is 10.1. The van der Waals surface area contributed by atoms with E-state index in [0.717, 1.165) is 11.3 Å². The van der Waals surface area contributed by atoms with Crippen LogP contribution in [0.2, 0.25) is 0 Å². The van der Waals surface area contributed by atoms with Crippen molar-refractivity contribution in [2.45, 2.75) is 20.3 Å². The Morgan fingerprint density at radius 3 is 2.72 bits per heavy atom. The van der Waals surface area contributed by atoms with Gasteiger partial charge in [-0.1, -0.05) is 12.2 Å². The van der Waals surface area contributed by atoms with Gasteiger partial charge in [-0.25, -0.2) is 9.97 Å². The number of aromatic nitrogens is 3. The SMILES string of the molecule is CCNC(=O)c1ccc(Nc2ncc(C)c(N(C3=CC=CCC3=O)c3cnco3)n2)cc1. The molecule has 0 fully saturated rings. The number of benzene rings is 1. The molecule has 0 atom stereocenters. The molecule has 2 aromatic heterocycles. The van der Waals surface area contributed by atoms with E-state index in [1.54, 1.807) is 47.5 Å². The van der Waals surface area contributed by atoms with Crippen LogP contribution in [-0.4, -0.2) is 33.2 Å². The number of amides is 1. The maximum Gasteiger partial charge on any atom is 0.251 e. The second-order valence-electron chi connectivity index (χ2n) is 7.04. The molecule has 0 radical (unpaired) electrons. The van der Waals surface area contributed by atoms with Gasteiger partial charge in [0.25, 0.3) is 5.91 Å². The van der Waals surface area contributed by atoms with Crippen molar-refractivity contribution in [2.24, 2.45) is 0 Å². The first-order valence-corrected chi connectivity index (χ1v) is 10.1. The Bertz CT molecular complexity index is 1180. The molecule has 2 N–H and O–H groups in total. The number of Topliss-reactive ketones (excluding diaryl/α,β-unsaturated/α-hetero) is 1. The number of aryl methyl sites for hydroxylation is 1. The van der Waals surface area contributed by atoms with Crippen molar-refractivity contribution < 1.29 is 14.0 Å². The van der Waals surface area contributed by atoms with E-state index >= 15 is 0 Å². The van der Waals surface area contributed by atoms with Crippen molar-refractivity contribution in [1.29, 1.82) is 0 Å². The van der Waals surface area contributed by atoms with Gasteiger partial charge in [-0.2, -0.15) is 4.98 Å². The van der Waals surface area contributed by atoms with Gasteiger partial charge in [0, 0.05) is 36.0 Å². The van der Waals surface area contributed by atoms with Crippen LogP contribution in [0.25, 0.3) is 0 Å². The third kappa shape index (κ3) is 4.41. The summed E-state index contributed by atoms with van der Waals surface area (Å²) >= 11 is 0. The van der Waals surface area contributed by atoms with Gasteiger partial charge in [0.1, 0.15) is 5.82 Å². The molecule has 9 heteroatoms. The Hall–Kier alpha value is -4.27. The Kier molecular flexibility index (Phi) is 6.07. The number of carbonyl (C=O) groups excluding carboxylic acids is 2. The van der Waals surface area contributed by atoms with Crippen LogP contribution in [0.3, 0.4) is 0 Å². The number of nitrogens with zero attached hydrogens (tertiary/aromatic N) is 4. The summed E-state index contributed by atoms with van der Waals surface area (Å²) in [6, 6.07) is 7.00. The van der Waals surface area contributed by atoms with E-state index in [4.69, 9.17) is 4.42 Å². The summed E-state index contributed by atoms with van der Waals surface area (Å²) < 4.78 is 5.50. The number of anilines is 4. The van der Waals surface area contributed by atoms with Gasteiger partial charge < -0.3 is 15.1 Å². The van der Waals surface area contributed by atoms with Crippen LogP contribution in [0.4, 0.5) is 23.3 Å². The summed E-state index contributed by atoms with van der Waals surface area (Å²) in [6.45, 7) is 4.29. The molecule has 0 aliphatic heterocycles. The molecular formula is C23H22N6O3. The highest BCUT2D eigenvalue weighted by Crippen LogP contribution is 2.33. The quantitative estimate of drug-likeness (QED) is 0.582. The van der Waals surface area contributed by atoms with E-state index in [1.807, 2.05) is 19.9 Å². The third-order valence-corrected chi connectivity index (χ3v) is 4.76. The van der Waals surface area contributed by atoms with E-state index < -0.39 is 0 Å². The van der Waals surface area contributed by atoms with Gasteiger partial charge in [0.2, 0.25) is 11.8 Å². The lowest BCUT2D eigenvalue weighted by Crippen LogP contribution is -2.25. The average molecular weight is 430 g/mol. The molecule has 162 valence electrons. The summed E-state index contributed by atoms with van der Waals surface area (Å²) in [5.74, 6) is 1.01. The molecule has 0 spiro atoms. The molecule has 3 aromatic rings. The molecule has 2 heterocycles. The second-order valence-corrected chi connectivity index (χ2v) is 7.04. The molecule has 0 bridgehead atoms. The monoisotopic (exact) mass is 430 g/mol. The maximum atomic E-state index is 12.6. The van der Waals surface area contributed by atoms with Crippen LogP contribution in [0, 0.1) is 6.92 Å². The van der Waals surface area contributed by atoms with Crippen LogP contribution in [0.5, 0.6) is 0 Å². The topological polar surface area (TPSA) is 113 Å². The molecule has 32 heavy (non-hydrogen) atoms. The van der Waals surface area contributed by atoms with Crippen molar-refractivity contribution in [3.63, 3.8) is 0 Å². The second kappa shape index (κ2) is 9.25. The smallest absolute Gasteiger partial charge is 0.251 e. The Morgan fingerprint density at radius 1 is 1.22 bits per heavy atom. The van der Waals surface area contributed by atoms with Gasteiger partial charge in [-0.3, -0.25) is 14.5 Å². The highest BCUT2D eigenvalue weighted by atomic mass is 16.4. The van der Waals surface area contributed by atoms with Crippen molar-refractivity contribution in [3.8, 4) is 0 Å². The molecule has 1 aliphatic carbocycles. The normalized spacial score (nSPS) is 12.9. The Balaban J connectivity index is 1.65. The minimum atomic E-state index is -0.130. The third-order valence-electron chi connectivity index (χ3n) is 4.76. The summed E-state index contributed by atoms with van der Waals surface area (Å²) in [5, 5.41) is 5.90. The molecule has 0 saturated heterocycles. The van der Waals surface area contributed by atoms with Crippen molar-refractivity contribution in [2.75, 3.05) is 16.8 Å². The molecular weight excluding hydrogens is 408 g/mol. The van der Waals surface area contributed by atoms with Crippen LogP contribution < -0.4 is 15.5 Å². The fourth-order valence-electron chi connectivity index (χ4n) is 3.20. The van der Waals surface area contributed by atoms with Gasteiger partial charge >= 0.3 is 0 Å². The van der Waals surface area contributed by atoms with E-state index in [1.165, 1.54) is 12.6 Å². The Morgan fingerprint density at radius 2 is 2.03 bits per heavy atom. The predicted molar refractivity (Wildman–Crippen MR) is 120 cm³/mol. The summed E-state index contributed by atoms with van der Waals surface area (Å²) in [7, 11) is 0. The number of ketones is 1. The van der Waals surface area contributed by atoms with Crippen LogP contribution >= 0.6 is 0 Å². The zero-order chi connectivity index (χ0) is 22.5. The lowest BCUT2D eigenvalue weighted by atomic mass is 10.1. The molecule has 0 unspecified atom stereocenters. The number of carbonyl (C=O) groups is 2. The van der Waals surface area contributed by atoms with Crippen LogP contribution in [0.1, 0.15) is 29.3 Å². The number of oxazole rings is 1. The minimum absolute atomic E-state index is 0.0580. The zero-order valence-corrected chi connectivity index (χ0v) is 17.7. The van der Waals surface area contributed by atoms with Crippen molar-refractivity contribution in [3.05, 3.63) is 78.1 Å². The lowest BCUT2D eigenvalue weighted by molar-refractivity contribution is -0.114. The number of rotatable bonds is 7. The number of nitrogens with one attached hydrogen (secondary N) is 2. The molecule has 0 saturated carbocycles. The summed E-state index contributed by atoms with van der Waals surface area (Å²) in [4.78, 5) is 39.2. The van der Waals surface area contributed by atoms with E-state index in [9.17, 15) is 9.59 Å². The number of allylic oxidation sites excluding steroid dienone is 4. The van der Waals surface area contributed by atoms with Crippen molar-refractivity contribution >= 4 is 35.0 Å². The highest BCUT2D eigenvalue weighted by Gasteiger charge is 2.26. The molecule has 1 aromatic carbocycles. The fraction of sp³-hybridized carbons (Fsp3) is 0.174. The number of hydrogen-bond acceptors (Lipinski definition) is 8. The van der Waals surface area contributed by atoms with Gasteiger partial charge in [-0.15, -0.1) is 0 Å². The zero-order valence-electron chi connectivity index (χ0n) is 17.7. The molecule has 1 amide bonds. The van der Waals surface area contributed by atoms with Gasteiger partial charge in [0.15, 0.2) is 12.2 Å². The standard InChI is InChI=1S/C23H22N6O3/c1-3-25-22(31)16-8-10-17(11-9-16)27-23-26-12-15(2)21(28-23)29(20-13-24-14-32-20)18-6-4-5-7-19(18)30/h4-6,8-14H,3,7H2,1-2H3,(H,25,31)(H,26,27,28). The fourth-order valence-corrected chi connectivity index (χ4v) is 3.20. The average Bonchev–Trinajstić information content (AvgIpc) is 3.32. The molecule has 4 rings (SSSR count). The van der Waals surface area contributed by atoms with Crippen molar-refractivity contribution in [1.82, 2.24) is 20.3 Å². The first-order valence-electron chi connectivity index (χ1n) is 10.1. The first-order chi connectivity index (χ1) is 15.6. The van der Waals surface area contributed by atoms with E-state index in [0.29, 0.717) is 41.9 Å². The highest BCUT2D eigenvalue weighted by molar-refractivity contribution is 6.02. The molecule has 1 aliphatic rings. The first kappa shape index (κ1) is 21.0. The molecule has 9 nitrogen and oxygen atoms in total. The Labute approximate surface area is 184 Å². The van der Waals surface area contributed by atoms with Gasteiger partial charge in [-0.05, 0) is 44.2 Å². The van der Waals surface area contributed by atoms with Crippen LogP contribution in [-0.2, 0) is 4.79 Å².